The van der Waals surface area contributed by atoms with Crippen LogP contribution in [0.25, 0.3) is 0 Å². The molecule has 150 valence electrons. The quantitative estimate of drug-likeness (QED) is 0.724. The molecule has 0 radical (unpaired) electrons. The van der Waals surface area contributed by atoms with E-state index < -0.39 is 0 Å². The summed E-state index contributed by atoms with van der Waals surface area (Å²) >= 11 is 0. The van der Waals surface area contributed by atoms with Crippen LogP contribution in [0.5, 0.6) is 0 Å². The van der Waals surface area contributed by atoms with Gasteiger partial charge >= 0.3 is 0 Å². The van der Waals surface area contributed by atoms with Gasteiger partial charge < -0.3 is 4.57 Å². The molecule has 1 saturated heterocycles. The standard InChI is InChI=1S/C20H28N6O2/c1-23-15-21-17(13-19(23)27)14-25-8-6-24(7-9-25)10-11-26-20(28)12-16-4-2-3-5-18(16)22-26/h12-13,15H,2-11,14H2,1H3. The molecule has 0 amide bonds. The van der Waals surface area contributed by atoms with Crippen molar-refractivity contribution in [3.63, 3.8) is 0 Å². The van der Waals surface area contributed by atoms with Gasteiger partial charge in [0.25, 0.3) is 11.1 Å². The van der Waals surface area contributed by atoms with Crippen LogP contribution in [0, 0.1) is 0 Å². The number of hydrogen-bond donors (Lipinski definition) is 0. The van der Waals surface area contributed by atoms with Crippen LogP contribution in [0.1, 0.15) is 29.8 Å². The molecule has 3 heterocycles. The summed E-state index contributed by atoms with van der Waals surface area (Å²) in [5.74, 6) is 0. The van der Waals surface area contributed by atoms with E-state index in [1.807, 2.05) is 0 Å². The Labute approximate surface area is 164 Å². The lowest BCUT2D eigenvalue weighted by Gasteiger charge is -2.34. The van der Waals surface area contributed by atoms with E-state index in [1.54, 1.807) is 30.2 Å². The molecule has 1 aliphatic heterocycles. The molecule has 0 N–H and O–H groups in total. The highest BCUT2D eigenvalue weighted by Crippen LogP contribution is 2.16. The van der Waals surface area contributed by atoms with E-state index in [4.69, 9.17) is 0 Å². The topological polar surface area (TPSA) is 76.3 Å². The zero-order valence-corrected chi connectivity index (χ0v) is 16.5. The van der Waals surface area contributed by atoms with Gasteiger partial charge in [-0.2, -0.15) is 5.10 Å². The van der Waals surface area contributed by atoms with E-state index in [-0.39, 0.29) is 11.1 Å². The largest absolute Gasteiger partial charge is 0.302 e. The van der Waals surface area contributed by atoms with Crippen molar-refractivity contribution in [3.8, 4) is 0 Å². The second kappa shape index (κ2) is 8.36. The van der Waals surface area contributed by atoms with Crippen molar-refractivity contribution in [1.82, 2.24) is 29.1 Å². The van der Waals surface area contributed by atoms with Crippen molar-refractivity contribution >= 4 is 0 Å². The van der Waals surface area contributed by atoms with Gasteiger partial charge in [0.15, 0.2) is 0 Å². The smallest absolute Gasteiger partial charge is 0.267 e. The predicted octanol–water partition coefficient (Wildman–Crippen LogP) is 0.0336. The fraction of sp³-hybridized carbons (Fsp3) is 0.600. The Morgan fingerprint density at radius 2 is 1.68 bits per heavy atom. The van der Waals surface area contributed by atoms with Crippen molar-refractivity contribution in [2.45, 2.75) is 38.8 Å². The Bertz CT molecular complexity index is 942. The number of aromatic nitrogens is 4. The highest BCUT2D eigenvalue weighted by Gasteiger charge is 2.18. The number of piperazine rings is 1. The van der Waals surface area contributed by atoms with Gasteiger partial charge in [0.1, 0.15) is 0 Å². The zero-order valence-electron chi connectivity index (χ0n) is 16.5. The van der Waals surface area contributed by atoms with Gasteiger partial charge in [-0.05, 0) is 31.2 Å². The minimum atomic E-state index is -0.0216. The third-order valence-electron chi connectivity index (χ3n) is 5.79. The average Bonchev–Trinajstić information content (AvgIpc) is 2.70. The SMILES string of the molecule is Cn1cnc(CN2CCN(CCn3nc4c(cc3=O)CCCC4)CC2)cc1=O. The molecule has 1 fully saturated rings. The van der Waals surface area contributed by atoms with E-state index in [1.165, 1.54) is 11.0 Å². The van der Waals surface area contributed by atoms with E-state index in [0.717, 1.165) is 68.9 Å². The maximum absolute atomic E-state index is 12.3. The van der Waals surface area contributed by atoms with Crippen LogP contribution in [-0.2, 0) is 33.0 Å². The summed E-state index contributed by atoms with van der Waals surface area (Å²) in [5, 5.41) is 4.61. The molecule has 8 nitrogen and oxygen atoms in total. The van der Waals surface area contributed by atoms with Crippen LogP contribution < -0.4 is 11.1 Å². The summed E-state index contributed by atoms with van der Waals surface area (Å²) < 4.78 is 3.12. The molecule has 28 heavy (non-hydrogen) atoms. The summed E-state index contributed by atoms with van der Waals surface area (Å²) in [6.07, 6.45) is 5.89. The van der Waals surface area contributed by atoms with Gasteiger partial charge in [0.2, 0.25) is 0 Å². The van der Waals surface area contributed by atoms with Crippen LogP contribution in [0.2, 0.25) is 0 Å². The van der Waals surface area contributed by atoms with Gasteiger partial charge in [-0.15, -0.1) is 0 Å². The minimum absolute atomic E-state index is 0.0216. The van der Waals surface area contributed by atoms with E-state index >= 15 is 0 Å². The summed E-state index contributed by atoms with van der Waals surface area (Å²) in [6.45, 7) is 5.95. The van der Waals surface area contributed by atoms with Crippen LogP contribution in [0.4, 0.5) is 0 Å². The van der Waals surface area contributed by atoms with Crippen LogP contribution >= 0.6 is 0 Å². The van der Waals surface area contributed by atoms with Crippen LogP contribution in [0.15, 0.2) is 28.0 Å². The van der Waals surface area contributed by atoms with E-state index in [9.17, 15) is 9.59 Å². The molecule has 2 aliphatic rings. The Morgan fingerprint density at radius 1 is 0.929 bits per heavy atom. The summed E-state index contributed by atoms with van der Waals surface area (Å²) in [5.41, 5.74) is 3.08. The maximum atomic E-state index is 12.3. The Balaban J connectivity index is 1.28. The maximum Gasteiger partial charge on any atom is 0.267 e. The first kappa shape index (κ1) is 19.0. The molecule has 2 aromatic heterocycles. The van der Waals surface area contributed by atoms with E-state index in [2.05, 4.69) is 19.9 Å². The summed E-state index contributed by atoms with van der Waals surface area (Å²) in [6, 6.07) is 3.40. The Kier molecular flexibility index (Phi) is 5.68. The predicted molar refractivity (Wildman–Crippen MR) is 106 cm³/mol. The van der Waals surface area contributed by atoms with Crippen LogP contribution in [0.3, 0.4) is 0 Å². The molecule has 0 unspecified atom stereocenters. The normalized spacial score (nSPS) is 18.2. The van der Waals surface area contributed by atoms with Crippen molar-refractivity contribution in [2.75, 3.05) is 32.7 Å². The van der Waals surface area contributed by atoms with Crippen molar-refractivity contribution in [1.29, 1.82) is 0 Å². The first-order valence-corrected chi connectivity index (χ1v) is 10.1. The Hall–Kier alpha value is -2.32. The molecule has 0 bridgehead atoms. The molecule has 1 aliphatic carbocycles. The number of fused-ring (bicyclic) bond motifs is 1. The second-order valence-corrected chi connectivity index (χ2v) is 7.83. The van der Waals surface area contributed by atoms with Crippen LogP contribution in [-0.4, -0.2) is 61.9 Å². The molecule has 0 spiro atoms. The molecule has 0 saturated carbocycles. The highest BCUT2D eigenvalue weighted by molar-refractivity contribution is 5.20. The number of hydrogen-bond acceptors (Lipinski definition) is 6. The van der Waals surface area contributed by atoms with Gasteiger partial charge in [-0.1, -0.05) is 0 Å². The molecule has 2 aromatic rings. The molecule has 0 atom stereocenters. The minimum Gasteiger partial charge on any atom is -0.302 e. The fourth-order valence-corrected chi connectivity index (χ4v) is 3.98. The molecule has 0 aromatic carbocycles. The number of nitrogens with zero attached hydrogens (tertiary/aromatic N) is 6. The molecular formula is C20H28N6O2. The molecule has 8 heteroatoms. The Morgan fingerprint density at radius 3 is 2.46 bits per heavy atom. The lowest BCUT2D eigenvalue weighted by molar-refractivity contribution is 0.121. The van der Waals surface area contributed by atoms with Gasteiger partial charge in [-0.3, -0.25) is 19.4 Å². The summed E-state index contributed by atoms with van der Waals surface area (Å²) in [4.78, 5) is 33.1. The first-order valence-electron chi connectivity index (χ1n) is 10.1. The average molecular weight is 384 g/mol. The number of aryl methyl sites for hydroxylation is 3. The fourth-order valence-electron chi connectivity index (χ4n) is 3.98. The van der Waals surface area contributed by atoms with Gasteiger partial charge in [-0.25, -0.2) is 9.67 Å². The van der Waals surface area contributed by atoms with Gasteiger partial charge in [0.05, 0.1) is 24.3 Å². The number of rotatable bonds is 5. The van der Waals surface area contributed by atoms with E-state index in [0.29, 0.717) is 13.1 Å². The monoisotopic (exact) mass is 384 g/mol. The van der Waals surface area contributed by atoms with Crippen molar-refractivity contribution in [3.05, 3.63) is 56.1 Å². The lowest BCUT2D eigenvalue weighted by Crippen LogP contribution is -2.47. The third-order valence-corrected chi connectivity index (χ3v) is 5.79. The molecular weight excluding hydrogens is 356 g/mol. The summed E-state index contributed by atoms with van der Waals surface area (Å²) in [7, 11) is 1.71. The molecule has 4 rings (SSSR count). The van der Waals surface area contributed by atoms with Gasteiger partial charge in [0, 0.05) is 58.4 Å². The van der Waals surface area contributed by atoms with Crippen molar-refractivity contribution < 1.29 is 0 Å². The first-order chi connectivity index (χ1) is 13.6. The zero-order chi connectivity index (χ0) is 19.5. The van der Waals surface area contributed by atoms with Crippen molar-refractivity contribution in [2.24, 2.45) is 7.05 Å². The lowest BCUT2D eigenvalue weighted by atomic mass is 9.97. The third kappa shape index (κ3) is 4.39. The highest BCUT2D eigenvalue weighted by atomic mass is 16.1. The second-order valence-electron chi connectivity index (χ2n) is 7.83.